The van der Waals surface area contributed by atoms with Gasteiger partial charge in [0.05, 0.1) is 0 Å². The van der Waals surface area contributed by atoms with Crippen LogP contribution in [0.5, 0.6) is 5.75 Å². The molecule has 0 aliphatic rings. The second-order valence-electron chi connectivity index (χ2n) is 6.04. The third kappa shape index (κ3) is 10.4. The lowest BCUT2D eigenvalue weighted by Gasteiger charge is -2.13. The normalized spacial score (nSPS) is 10.7. The van der Waals surface area contributed by atoms with Crippen LogP contribution in [0.4, 0.5) is 0 Å². The number of hydrogen-bond donors (Lipinski definition) is 3. The highest BCUT2D eigenvalue weighted by Crippen LogP contribution is 2.19. The van der Waals surface area contributed by atoms with Crippen LogP contribution in [0.25, 0.3) is 0 Å². The Hall–Kier alpha value is -1.65. The molecule has 2 aromatic rings. The van der Waals surface area contributed by atoms with Gasteiger partial charge in [-0.05, 0) is 48.9 Å². The lowest BCUT2D eigenvalue weighted by atomic mass is 10.2. The second kappa shape index (κ2) is 15.2. The van der Waals surface area contributed by atoms with Crippen LogP contribution in [0, 0.1) is 0 Å². The van der Waals surface area contributed by atoms with E-state index >= 15 is 0 Å². The zero-order valence-corrected chi connectivity index (χ0v) is 21.0. The van der Waals surface area contributed by atoms with E-state index in [0.717, 1.165) is 28.8 Å². The number of aliphatic imine (C=N–C) groups is 1. The van der Waals surface area contributed by atoms with Crippen LogP contribution >= 0.6 is 47.3 Å². The van der Waals surface area contributed by atoms with Crippen molar-refractivity contribution in [3.63, 3.8) is 0 Å². The Balaban J connectivity index is 0.00000450. The van der Waals surface area contributed by atoms with Gasteiger partial charge in [0.2, 0.25) is 0 Å². The quantitative estimate of drug-likeness (QED) is 0.135. The van der Waals surface area contributed by atoms with Gasteiger partial charge in [-0.2, -0.15) is 0 Å². The number of amides is 1. The molecule has 0 fully saturated rings. The van der Waals surface area contributed by atoms with Crippen LogP contribution < -0.4 is 20.7 Å². The molecular weight excluding hydrogens is 535 g/mol. The number of thioether (sulfide) groups is 1. The molecule has 2 rings (SSSR count). The molecule has 0 unspecified atom stereocenters. The maximum absolute atomic E-state index is 11.5. The SMILES string of the molecule is CCNC(=O)COc1cccc(CNC(=NC)NCCSc2ccc(Cl)cc2)c1.I. The lowest BCUT2D eigenvalue weighted by molar-refractivity contribution is -0.122. The van der Waals surface area contributed by atoms with E-state index in [2.05, 4.69) is 20.9 Å². The maximum atomic E-state index is 11.5. The van der Waals surface area contributed by atoms with E-state index in [1.54, 1.807) is 18.8 Å². The summed E-state index contributed by atoms with van der Waals surface area (Å²) in [6.07, 6.45) is 0. The molecule has 0 aliphatic heterocycles. The molecule has 0 radical (unpaired) electrons. The highest BCUT2D eigenvalue weighted by atomic mass is 127. The standard InChI is InChI=1S/C21H27ClN4O2S.HI/c1-3-24-20(27)15-28-18-6-4-5-16(13-18)14-26-21(23-2)25-11-12-29-19-9-7-17(22)8-10-19;/h4-10,13H,3,11-12,14-15H2,1-2H3,(H,24,27)(H2,23,25,26);1H. The number of likely N-dealkylation sites (N-methyl/N-ethyl adjacent to an activating group) is 1. The van der Waals surface area contributed by atoms with E-state index in [4.69, 9.17) is 16.3 Å². The summed E-state index contributed by atoms with van der Waals surface area (Å²) in [5.41, 5.74) is 1.04. The summed E-state index contributed by atoms with van der Waals surface area (Å²) < 4.78 is 5.53. The Morgan fingerprint density at radius 2 is 1.90 bits per heavy atom. The van der Waals surface area contributed by atoms with Crippen LogP contribution in [0.3, 0.4) is 0 Å². The summed E-state index contributed by atoms with van der Waals surface area (Å²) in [6.45, 7) is 3.86. The molecule has 30 heavy (non-hydrogen) atoms. The van der Waals surface area contributed by atoms with Crippen molar-refractivity contribution >= 4 is 59.2 Å². The minimum absolute atomic E-state index is 0. The molecule has 164 valence electrons. The zero-order chi connectivity index (χ0) is 20.9. The number of ether oxygens (including phenoxy) is 1. The molecule has 2 aromatic carbocycles. The fourth-order valence-electron chi connectivity index (χ4n) is 2.42. The van der Waals surface area contributed by atoms with Crippen LogP contribution in [0.2, 0.25) is 5.02 Å². The van der Waals surface area contributed by atoms with Gasteiger partial charge in [-0.15, -0.1) is 35.7 Å². The number of nitrogens with one attached hydrogen (secondary N) is 3. The van der Waals surface area contributed by atoms with Crippen LogP contribution in [0.15, 0.2) is 58.4 Å². The van der Waals surface area contributed by atoms with Crippen molar-refractivity contribution in [1.29, 1.82) is 0 Å². The summed E-state index contributed by atoms with van der Waals surface area (Å²) in [5, 5.41) is 10.0. The van der Waals surface area contributed by atoms with Crippen LogP contribution in [-0.2, 0) is 11.3 Å². The zero-order valence-electron chi connectivity index (χ0n) is 17.1. The van der Waals surface area contributed by atoms with Crippen molar-refractivity contribution in [2.45, 2.75) is 18.4 Å². The Labute approximate surface area is 204 Å². The molecule has 0 aromatic heterocycles. The first kappa shape index (κ1) is 26.4. The van der Waals surface area contributed by atoms with Crippen molar-refractivity contribution in [2.24, 2.45) is 4.99 Å². The summed E-state index contributed by atoms with van der Waals surface area (Å²) in [5.74, 6) is 2.18. The highest BCUT2D eigenvalue weighted by Gasteiger charge is 2.03. The molecule has 1 amide bonds. The smallest absolute Gasteiger partial charge is 0.257 e. The number of carbonyl (C=O) groups excluding carboxylic acids is 1. The van der Waals surface area contributed by atoms with Gasteiger partial charge in [0.25, 0.3) is 5.91 Å². The number of hydrogen-bond acceptors (Lipinski definition) is 4. The van der Waals surface area contributed by atoms with Gasteiger partial charge in [0.1, 0.15) is 5.75 Å². The first-order valence-electron chi connectivity index (χ1n) is 9.42. The third-order valence-electron chi connectivity index (χ3n) is 3.80. The predicted octanol–water partition coefficient (Wildman–Crippen LogP) is 3.93. The lowest BCUT2D eigenvalue weighted by Crippen LogP contribution is -2.37. The van der Waals surface area contributed by atoms with Gasteiger partial charge >= 0.3 is 0 Å². The summed E-state index contributed by atoms with van der Waals surface area (Å²) in [6, 6.07) is 15.5. The minimum atomic E-state index is -0.128. The molecule has 9 heteroatoms. The second-order valence-corrected chi connectivity index (χ2v) is 7.65. The van der Waals surface area contributed by atoms with E-state index in [9.17, 15) is 4.79 Å². The molecule has 0 saturated heterocycles. The third-order valence-corrected chi connectivity index (χ3v) is 5.07. The average Bonchev–Trinajstić information content (AvgIpc) is 2.73. The monoisotopic (exact) mass is 562 g/mol. The number of benzene rings is 2. The van der Waals surface area contributed by atoms with Crippen molar-refractivity contribution < 1.29 is 9.53 Å². The molecule has 0 aliphatic carbocycles. The van der Waals surface area contributed by atoms with E-state index in [-0.39, 0.29) is 36.5 Å². The maximum Gasteiger partial charge on any atom is 0.257 e. The molecule has 0 atom stereocenters. The van der Waals surface area contributed by atoms with Gasteiger partial charge < -0.3 is 20.7 Å². The predicted molar refractivity (Wildman–Crippen MR) is 136 cm³/mol. The van der Waals surface area contributed by atoms with Gasteiger partial charge in [0.15, 0.2) is 12.6 Å². The largest absolute Gasteiger partial charge is 0.484 e. The molecule has 0 spiro atoms. The molecule has 0 heterocycles. The summed E-state index contributed by atoms with van der Waals surface area (Å²) >= 11 is 7.66. The molecule has 6 nitrogen and oxygen atoms in total. The number of nitrogens with zero attached hydrogens (tertiary/aromatic N) is 1. The number of guanidine groups is 1. The number of carbonyl (C=O) groups is 1. The Kier molecular flexibility index (Phi) is 13.4. The van der Waals surface area contributed by atoms with Crippen molar-refractivity contribution in [3.8, 4) is 5.75 Å². The van der Waals surface area contributed by atoms with E-state index in [1.165, 1.54) is 4.90 Å². The molecule has 3 N–H and O–H groups in total. The highest BCUT2D eigenvalue weighted by molar-refractivity contribution is 14.0. The van der Waals surface area contributed by atoms with Crippen molar-refractivity contribution in [3.05, 3.63) is 59.1 Å². The van der Waals surface area contributed by atoms with Crippen LogP contribution in [0.1, 0.15) is 12.5 Å². The fourth-order valence-corrected chi connectivity index (χ4v) is 3.31. The Bertz CT molecular complexity index is 806. The first-order chi connectivity index (χ1) is 14.1. The van der Waals surface area contributed by atoms with Gasteiger partial charge in [0, 0.05) is 42.4 Å². The van der Waals surface area contributed by atoms with E-state index in [0.29, 0.717) is 18.8 Å². The fraction of sp³-hybridized carbons (Fsp3) is 0.333. The average molecular weight is 563 g/mol. The number of halogens is 2. The molecular formula is C21H28ClIN4O2S. The first-order valence-corrected chi connectivity index (χ1v) is 10.8. The molecule has 0 bridgehead atoms. The Morgan fingerprint density at radius 3 is 2.60 bits per heavy atom. The van der Waals surface area contributed by atoms with E-state index < -0.39 is 0 Å². The van der Waals surface area contributed by atoms with Crippen LogP contribution in [-0.4, -0.2) is 44.4 Å². The van der Waals surface area contributed by atoms with E-state index in [1.807, 2.05) is 55.5 Å². The molecule has 0 saturated carbocycles. The summed E-state index contributed by atoms with van der Waals surface area (Å²) in [7, 11) is 1.74. The van der Waals surface area contributed by atoms with Gasteiger partial charge in [-0.3, -0.25) is 9.79 Å². The van der Waals surface area contributed by atoms with Gasteiger partial charge in [-0.25, -0.2) is 0 Å². The van der Waals surface area contributed by atoms with Gasteiger partial charge in [-0.1, -0.05) is 23.7 Å². The van der Waals surface area contributed by atoms with Crippen molar-refractivity contribution in [2.75, 3.05) is 32.5 Å². The summed E-state index contributed by atoms with van der Waals surface area (Å²) in [4.78, 5) is 16.9. The topological polar surface area (TPSA) is 74.8 Å². The Morgan fingerprint density at radius 1 is 1.13 bits per heavy atom. The minimum Gasteiger partial charge on any atom is -0.484 e. The number of rotatable bonds is 10. The van der Waals surface area contributed by atoms with Crippen molar-refractivity contribution in [1.82, 2.24) is 16.0 Å².